The fraction of sp³-hybridized carbons (Fsp3) is 1.00. The first-order valence-corrected chi connectivity index (χ1v) is 6.04. The minimum Gasteiger partial charge on any atom is -0.0837 e. The summed E-state index contributed by atoms with van der Waals surface area (Å²) < 4.78 is -1.15. The Morgan fingerprint density at radius 3 is 1.14 bits per heavy atom. The van der Waals surface area contributed by atoms with Crippen molar-refractivity contribution in [2.75, 3.05) is 0 Å². The first-order chi connectivity index (χ1) is 5.84. The third-order valence-corrected chi connectivity index (χ3v) is 2.99. The molecular formula is C11H21Cl3. The summed E-state index contributed by atoms with van der Waals surface area (Å²) in [5.74, 6) is 0.377. The molecule has 0 aromatic rings. The van der Waals surface area contributed by atoms with Crippen molar-refractivity contribution >= 4 is 34.8 Å². The van der Waals surface area contributed by atoms with Crippen LogP contribution < -0.4 is 0 Å². The summed E-state index contributed by atoms with van der Waals surface area (Å²) in [6.45, 7) is 13.2. The van der Waals surface area contributed by atoms with E-state index < -0.39 is 3.79 Å². The molecule has 0 amide bonds. The van der Waals surface area contributed by atoms with E-state index in [1.54, 1.807) is 0 Å². The van der Waals surface area contributed by atoms with Gasteiger partial charge < -0.3 is 0 Å². The van der Waals surface area contributed by atoms with E-state index in [1.165, 1.54) is 0 Å². The molecule has 0 rings (SSSR count). The van der Waals surface area contributed by atoms with Crippen molar-refractivity contribution in [1.29, 1.82) is 0 Å². The molecule has 14 heavy (non-hydrogen) atoms. The molecule has 0 radical (unpaired) electrons. The fourth-order valence-corrected chi connectivity index (χ4v) is 2.61. The Bertz CT molecular complexity index is 164. The molecule has 0 aliphatic rings. The molecule has 0 aliphatic carbocycles. The number of hydrogen-bond donors (Lipinski definition) is 0. The molecule has 0 aromatic carbocycles. The SMILES string of the molecule is CC(C)(C)C(CC(Cl)(Cl)Cl)C(C)(C)C. The Hall–Kier alpha value is 0.870. The lowest BCUT2D eigenvalue weighted by Gasteiger charge is -2.42. The average Bonchev–Trinajstić information content (AvgIpc) is 1.75. The van der Waals surface area contributed by atoms with Crippen LogP contribution in [0.4, 0.5) is 0 Å². The molecule has 0 unspecified atom stereocenters. The molecule has 0 bridgehead atoms. The van der Waals surface area contributed by atoms with Gasteiger partial charge in [-0.1, -0.05) is 76.3 Å². The number of alkyl halides is 3. The van der Waals surface area contributed by atoms with Gasteiger partial charge in [-0.2, -0.15) is 0 Å². The molecule has 0 spiro atoms. The summed E-state index contributed by atoms with van der Waals surface area (Å²) in [4.78, 5) is 0. The van der Waals surface area contributed by atoms with Crippen LogP contribution in [-0.2, 0) is 0 Å². The lowest BCUT2D eigenvalue weighted by atomic mass is 9.65. The van der Waals surface area contributed by atoms with Crippen molar-refractivity contribution in [3.8, 4) is 0 Å². The summed E-state index contributed by atoms with van der Waals surface area (Å²) in [6.07, 6.45) is 0.602. The third-order valence-electron chi connectivity index (χ3n) is 2.53. The number of halogens is 3. The van der Waals surface area contributed by atoms with Crippen LogP contribution in [0.1, 0.15) is 48.0 Å². The highest BCUT2D eigenvalue weighted by Gasteiger charge is 2.39. The number of hydrogen-bond acceptors (Lipinski definition) is 0. The first kappa shape index (κ1) is 14.9. The predicted molar refractivity (Wildman–Crippen MR) is 67.3 cm³/mol. The standard InChI is InChI=1S/C11H21Cl3/c1-9(2,3)8(10(4,5)6)7-11(12,13)14/h8H,7H2,1-6H3. The zero-order chi connectivity index (χ0) is 11.8. The molecule has 0 aromatic heterocycles. The largest absolute Gasteiger partial charge is 0.190 e. The molecule has 0 fully saturated rings. The molecule has 0 saturated carbocycles. The van der Waals surface area contributed by atoms with Gasteiger partial charge in [-0.25, -0.2) is 0 Å². The van der Waals surface area contributed by atoms with Crippen molar-refractivity contribution in [3.63, 3.8) is 0 Å². The van der Waals surface area contributed by atoms with Crippen molar-refractivity contribution in [2.45, 2.75) is 51.8 Å². The smallest absolute Gasteiger partial charge is 0.0837 e. The van der Waals surface area contributed by atoms with Crippen LogP contribution in [0.3, 0.4) is 0 Å². The second-order valence-electron chi connectivity index (χ2n) is 6.10. The van der Waals surface area contributed by atoms with Crippen molar-refractivity contribution in [1.82, 2.24) is 0 Å². The topological polar surface area (TPSA) is 0 Å². The van der Waals surface area contributed by atoms with Crippen LogP contribution in [0.5, 0.6) is 0 Å². The van der Waals surface area contributed by atoms with E-state index in [0.29, 0.717) is 12.3 Å². The quantitative estimate of drug-likeness (QED) is 0.549. The Labute approximate surface area is 103 Å². The molecule has 86 valence electrons. The molecule has 3 heteroatoms. The minimum absolute atomic E-state index is 0.155. The Morgan fingerprint density at radius 1 is 0.786 bits per heavy atom. The number of rotatable bonds is 1. The van der Waals surface area contributed by atoms with Gasteiger partial charge in [0.2, 0.25) is 0 Å². The highest BCUT2D eigenvalue weighted by atomic mass is 35.6. The highest BCUT2D eigenvalue weighted by molar-refractivity contribution is 6.67. The summed E-state index contributed by atoms with van der Waals surface area (Å²) in [5, 5.41) is 0. The maximum atomic E-state index is 5.87. The van der Waals surface area contributed by atoms with Crippen LogP contribution in [0, 0.1) is 16.7 Å². The normalized spacial score (nSPS) is 15.0. The average molecular weight is 260 g/mol. The van der Waals surface area contributed by atoms with Gasteiger partial charge in [0.1, 0.15) is 0 Å². The van der Waals surface area contributed by atoms with Crippen LogP contribution in [0.25, 0.3) is 0 Å². The third kappa shape index (κ3) is 5.68. The molecule has 0 heterocycles. The Morgan fingerprint density at radius 2 is 1.07 bits per heavy atom. The molecule has 0 nitrogen and oxygen atoms in total. The van der Waals surface area contributed by atoms with E-state index >= 15 is 0 Å². The Kier molecular flexibility index (Phi) is 4.67. The second-order valence-corrected chi connectivity index (χ2v) is 8.62. The molecule has 0 saturated heterocycles. The van der Waals surface area contributed by atoms with E-state index in [0.717, 1.165) is 0 Å². The van der Waals surface area contributed by atoms with E-state index in [1.807, 2.05) is 0 Å². The second kappa shape index (κ2) is 4.39. The van der Waals surface area contributed by atoms with Gasteiger partial charge in [0, 0.05) is 0 Å². The summed E-state index contributed by atoms with van der Waals surface area (Å²) in [6, 6.07) is 0. The minimum atomic E-state index is -1.15. The van der Waals surface area contributed by atoms with Gasteiger partial charge in [-0.15, -0.1) is 0 Å². The monoisotopic (exact) mass is 258 g/mol. The van der Waals surface area contributed by atoms with Gasteiger partial charge in [-0.05, 0) is 23.2 Å². The first-order valence-electron chi connectivity index (χ1n) is 4.91. The van der Waals surface area contributed by atoms with E-state index in [9.17, 15) is 0 Å². The molecule has 0 atom stereocenters. The van der Waals surface area contributed by atoms with Gasteiger partial charge in [0.25, 0.3) is 0 Å². The van der Waals surface area contributed by atoms with Crippen molar-refractivity contribution < 1.29 is 0 Å². The molecule has 0 aliphatic heterocycles. The van der Waals surface area contributed by atoms with Crippen LogP contribution in [-0.4, -0.2) is 3.79 Å². The summed E-state index contributed by atoms with van der Waals surface area (Å²) in [7, 11) is 0. The molecular weight excluding hydrogens is 238 g/mol. The van der Waals surface area contributed by atoms with E-state index in [4.69, 9.17) is 34.8 Å². The highest BCUT2D eigenvalue weighted by Crippen LogP contribution is 2.48. The van der Waals surface area contributed by atoms with Gasteiger partial charge in [0.15, 0.2) is 3.79 Å². The van der Waals surface area contributed by atoms with Gasteiger partial charge in [0.05, 0.1) is 0 Å². The molecule has 0 N–H and O–H groups in total. The maximum Gasteiger partial charge on any atom is 0.190 e. The van der Waals surface area contributed by atoms with Crippen molar-refractivity contribution in [3.05, 3.63) is 0 Å². The van der Waals surface area contributed by atoms with Crippen LogP contribution in [0.15, 0.2) is 0 Å². The van der Waals surface area contributed by atoms with Gasteiger partial charge >= 0.3 is 0 Å². The van der Waals surface area contributed by atoms with Crippen LogP contribution in [0.2, 0.25) is 0 Å². The Balaban J connectivity index is 4.78. The van der Waals surface area contributed by atoms with E-state index in [2.05, 4.69) is 41.5 Å². The van der Waals surface area contributed by atoms with Crippen LogP contribution >= 0.6 is 34.8 Å². The lowest BCUT2D eigenvalue weighted by molar-refractivity contribution is 0.0941. The zero-order valence-corrected chi connectivity index (χ0v) is 12.2. The maximum absolute atomic E-state index is 5.87. The zero-order valence-electron chi connectivity index (χ0n) is 9.92. The lowest BCUT2D eigenvalue weighted by Crippen LogP contribution is -2.35. The van der Waals surface area contributed by atoms with Crippen molar-refractivity contribution in [2.24, 2.45) is 16.7 Å². The van der Waals surface area contributed by atoms with Gasteiger partial charge in [-0.3, -0.25) is 0 Å². The fourth-order valence-electron chi connectivity index (χ4n) is 2.14. The van der Waals surface area contributed by atoms with E-state index in [-0.39, 0.29) is 10.8 Å². The summed E-state index contributed by atoms with van der Waals surface area (Å²) in [5.41, 5.74) is 0.310. The summed E-state index contributed by atoms with van der Waals surface area (Å²) >= 11 is 17.6. The predicted octanol–water partition coefficient (Wildman–Crippen LogP) is 5.46.